The second-order valence-corrected chi connectivity index (χ2v) is 10.4. The van der Waals surface area contributed by atoms with Crippen molar-refractivity contribution in [2.75, 3.05) is 34.3 Å². The molecule has 0 aromatic heterocycles. The zero-order chi connectivity index (χ0) is 24.3. The molecule has 0 unspecified atom stereocenters. The maximum atomic E-state index is 13.7. The highest BCUT2D eigenvalue weighted by Gasteiger charge is 2.54. The first-order valence-corrected chi connectivity index (χ1v) is 12.4. The first kappa shape index (κ1) is 24.3. The van der Waals surface area contributed by atoms with E-state index in [-0.39, 0.29) is 17.1 Å². The molecule has 1 spiro atoms. The molecule has 0 atom stereocenters. The van der Waals surface area contributed by atoms with Crippen LogP contribution in [0.1, 0.15) is 50.7 Å². The zero-order valence-electron chi connectivity index (χ0n) is 21.4. The van der Waals surface area contributed by atoms with Crippen LogP contribution in [0.25, 0.3) is 0 Å². The van der Waals surface area contributed by atoms with Gasteiger partial charge in [-0.1, -0.05) is 54.1 Å². The van der Waals surface area contributed by atoms with Crippen molar-refractivity contribution >= 4 is 6.03 Å². The van der Waals surface area contributed by atoms with Gasteiger partial charge in [-0.2, -0.15) is 0 Å². The lowest BCUT2D eigenvalue weighted by molar-refractivity contribution is 0.0278. The third-order valence-corrected chi connectivity index (χ3v) is 7.95. The van der Waals surface area contributed by atoms with Crippen molar-refractivity contribution in [2.45, 2.75) is 57.2 Å². The monoisotopic (exact) mass is 461 g/mol. The number of carbonyl (C=O) groups excluding carboxylic acids is 1. The van der Waals surface area contributed by atoms with Crippen molar-refractivity contribution in [1.29, 1.82) is 0 Å². The van der Waals surface area contributed by atoms with Crippen LogP contribution < -0.4 is 4.74 Å². The molecule has 2 amide bonds. The van der Waals surface area contributed by atoms with Crippen molar-refractivity contribution in [2.24, 2.45) is 0 Å². The Hall–Kier alpha value is -2.79. The molecule has 2 aromatic carbocycles. The molecule has 1 aliphatic carbocycles. The van der Waals surface area contributed by atoms with Crippen LogP contribution in [0.3, 0.4) is 0 Å². The van der Waals surface area contributed by atoms with E-state index >= 15 is 0 Å². The number of ether oxygens (including phenoxy) is 1. The number of hydrogen-bond acceptors (Lipinski definition) is 3. The van der Waals surface area contributed by atoms with E-state index in [9.17, 15) is 4.79 Å². The fraction of sp³-hybridized carbons (Fsp3) is 0.483. The first-order valence-electron chi connectivity index (χ1n) is 12.4. The fourth-order valence-electron chi connectivity index (χ4n) is 5.80. The van der Waals surface area contributed by atoms with Gasteiger partial charge in [-0.3, -0.25) is 4.90 Å². The standard InChI is InChI=1S/C29H39N3O2/c1-23(2)15-20-32-27(33)31(21-24-11-13-26(34-5)14-12-24)22-28(32)16-18-29(19-17-28,30(3)4)25-9-7-6-8-10-25/h6-15H,16-22H2,1-5H3/t28-,29+. The summed E-state index contributed by atoms with van der Waals surface area (Å²) >= 11 is 0. The summed E-state index contributed by atoms with van der Waals surface area (Å²) in [6.07, 6.45) is 6.28. The highest BCUT2D eigenvalue weighted by atomic mass is 16.5. The molecule has 0 radical (unpaired) electrons. The summed E-state index contributed by atoms with van der Waals surface area (Å²) in [7, 11) is 6.07. The van der Waals surface area contributed by atoms with Crippen molar-refractivity contribution in [3.63, 3.8) is 0 Å². The lowest BCUT2D eigenvalue weighted by Crippen LogP contribution is -2.55. The molecule has 1 saturated carbocycles. The zero-order valence-corrected chi connectivity index (χ0v) is 21.4. The van der Waals surface area contributed by atoms with Gasteiger partial charge in [-0.05, 0) is 76.9 Å². The summed E-state index contributed by atoms with van der Waals surface area (Å²) in [4.78, 5) is 20.3. The van der Waals surface area contributed by atoms with Crippen molar-refractivity contribution in [1.82, 2.24) is 14.7 Å². The second-order valence-electron chi connectivity index (χ2n) is 10.4. The fourth-order valence-corrected chi connectivity index (χ4v) is 5.80. The van der Waals surface area contributed by atoms with Crippen LogP contribution >= 0.6 is 0 Å². The minimum Gasteiger partial charge on any atom is -0.497 e. The predicted molar refractivity (Wildman–Crippen MR) is 138 cm³/mol. The number of nitrogens with zero attached hydrogens (tertiary/aromatic N) is 3. The van der Waals surface area contributed by atoms with Crippen LogP contribution in [-0.2, 0) is 12.1 Å². The van der Waals surface area contributed by atoms with E-state index in [2.05, 4.69) is 86.3 Å². The maximum Gasteiger partial charge on any atom is 0.321 e. The average Bonchev–Trinajstić information content (AvgIpc) is 3.09. The smallest absolute Gasteiger partial charge is 0.321 e. The van der Waals surface area contributed by atoms with Crippen LogP contribution in [0.5, 0.6) is 5.75 Å². The van der Waals surface area contributed by atoms with Crippen molar-refractivity contribution < 1.29 is 9.53 Å². The number of allylic oxidation sites excluding steroid dienone is 1. The third-order valence-electron chi connectivity index (χ3n) is 7.95. The summed E-state index contributed by atoms with van der Waals surface area (Å²) in [5, 5.41) is 0. The highest BCUT2D eigenvalue weighted by molar-refractivity contribution is 5.78. The molecule has 0 bridgehead atoms. The molecule has 1 aliphatic heterocycles. The predicted octanol–water partition coefficient (Wildman–Crippen LogP) is 5.67. The number of amides is 2. The normalized spacial score (nSPS) is 24.7. The molecule has 2 aliphatic rings. The molecule has 5 nitrogen and oxygen atoms in total. The Morgan fingerprint density at radius 3 is 2.21 bits per heavy atom. The van der Waals surface area contributed by atoms with Crippen LogP contribution in [0, 0.1) is 0 Å². The Bertz CT molecular complexity index is 1000. The van der Waals surface area contributed by atoms with Crippen molar-refractivity contribution in [3.8, 4) is 5.75 Å². The minimum absolute atomic E-state index is 0.0150. The quantitative estimate of drug-likeness (QED) is 0.499. The summed E-state index contributed by atoms with van der Waals surface area (Å²) in [6.45, 7) is 6.31. The molecule has 1 saturated heterocycles. The average molecular weight is 462 g/mol. The number of rotatable bonds is 7. The Labute approximate surface area is 205 Å². The van der Waals surface area contributed by atoms with Gasteiger partial charge in [-0.25, -0.2) is 4.79 Å². The van der Waals surface area contributed by atoms with Gasteiger partial charge >= 0.3 is 6.03 Å². The molecule has 2 aromatic rings. The Balaban J connectivity index is 1.59. The van der Waals surface area contributed by atoms with E-state index in [1.165, 1.54) is 11.1 Å². The number of hydrogen-bond donors (Lipinski definition) is 0. The van der Waals surface area contributed by atoms with E-state index < -0.39 is 0 Å². The minimum atomic E-state index is -0.121. The Kier molecular flexibility index (Phi) is 7.04. The van der Waals surface area contributed by atoms with E-state index in [4.69, 9.17) is 4.74 Å². The first-order chi connectivity index (χ1) is 16.3. The highest BCUT2D eigenvalue weighted by Crippen LogP contribution is 2.49. The molecule has 182 valence electrons. The van der Waals surface area contributed by atoms with Crippen LogP contribution in [0.15, 0.2) is 66.2 Å². The number of urea groups is 1. The van der Waals surface area contributed by atoms with Crippen LogP contribution in [0.4, 0.5) is 4.79 Å². The third kappa shape index (κ3) is 4.58. The molecule has 0 N–H and O–H groups in total. The van der Waals surface area contributed by atoms with E-state index in [1.807, 2.05) is 17.0 Å². The topological polar surface area (TPSA) is 36.0 Å². The Morgan fingerprint density at radius 1 is 1.00 bits per heavy atom. The molecule has 5 heteroatoms. The molecule has 4 rings (SSSR count). The van der Waals surface area contributed by atoms with Gasteiger partial charge in [0.2, 0.25) is 0 Å². The van der Waals surface area contributed by atoms with Crippen LogP contribution in [-0.4, -0.2) is 60.6 Å². The van der Waals surface area contributed by atoms with Gasteiger partial charge in [0.15, 0.2) is 0 Å². The number of carbonyl (C=O) groups is 1. The molecule has 1 heterocycles. The molecule has 2 fully saturated rings. The Morgan fingerprint density at radius 2 is 1.65 bits per heavy atom. The van der Waals surface area contributed by atoms with Gasteiger partial charge in [0.25, 0.3) is 0 Å². The second kappa shape index (κ2) is 9.83. The van der Waals surface area contributed by atoms with Gasteiger partial charge in [0.05, 0.1) is 12.6 Å². The van der Waals surface area contributed by atoms with Crippen molar-refractivity contribution in [3.05, 3.63) is 77.4 Å². The maximum absolute atomic E-state index is 13.7. The summed E-state index contributed by atoms with van der Waals surface area (Å²) in [5.41, 5.74) is 3.66. The van der Waals surface area contributed by atoms with E-state index in [0.717, 1.165) is 43.5 Å². The number of methoxy groups -OCH3 is 1. The lowest BCUT2D eigenvalue weighted by atomic mass is 9.68. The largest absolute Gasteiger partial charge is 0.497 e. The van der Waals surface area contributed by atoms with Gasteiger partial charge in [0.1, 0.15) is 5.75 Å². The number of benzene rings is 2. The van der Waals surface area contributed by atoms with E-state index in [1.54, 1.807) is 7.11 Å². The van der Waals surface area contributed by atoms with Gasteiger partial charge in [0, 0.05) is 25.2 Å². The summed E-state index contributed by atoms with van der Waals surface area (Å²) < 4.78 is 5.30. The van der Waals surface area contributed by atoms with E-state index in [0.29, 0.717) is 13.1 Å². The van der Waals surface area contributed by atoms with Gasteiger partial charge < -0.3 is 14.5 Å². The molecular weight excluding hydrogens is 422 g/mol. The lowest BCUT2D eigenvalue weighted by Gasteiger charge is -2.51. The SMILES string of the molecule is COc1ccc(CN2C[C@]3(CC[C@](c4ccccc4)(N(C)C)CC3)N(CC=C(C)C)C2=O)cc1. The summed E-state index contributed by atoms with van der Waals surface area (Å²) in [6, 6.07) is 19.1. The molecular formula is C29H39N3O2. The molecule has 34 heavy (non-hydrogen) atoms. The van der Waals surface area contributed by atoms with Gasteiger partial charge in [-0.15, -0.1) is 0 Å². The summed E-state index contributed by atoms with van der Waals surface area (Å²) in [5.74, 6) is 0.839. The van der Waals surface area contributed by atoms with Crippen LogP contribution in [0.2, 0.25) is 0 Å².